The van der Waals surface area contributed by atoms with Gasteiger partial charge in [-0.25, -0.2) is 9.78 Å². The second-order valence-corrected chi connectivity index (χ2v) is 8.12. The first kappa shape index (κ1) is 18.4. The van der Waals surface area contributed by atoms with Crippen molar-refractivity contribution in [2.45, 2.75) is 39.7 Å². The Labute approximate surface area is 165 Å². The van der Waals surface area contributed by atoms with Crippen LogP contribution < -0.4 is 16.2 Å². The van der Waals surface area contributed by atoms with Gasteiger partial charge in [0.2, 0.25) is 5.91 Å². The topological polar surface area (TPSA) is 93.1 Å². The van der Waals surface area contributed by atoms with Gasteiger partial charge in [0.15, 0.2) is 0 Å². The molecule has 2 aromatic heterocycles. The molecule has 0 bridgehead atoms. The number of carbonyl (C=O) groups excluding carboxylic acids is 2. The number of benzene rings is 1. The summed E-state index contributed by atoms with van der Waals surface area (Å²) in [4.78, 5) is 43.4. The minimum absolute atomic E-state index is 0.227. The van der Waals surface area contributed by atoms with E-state index in [4.69, 9.17) is 0 Å². The first-order valence-corrected chi connectivity index (χ1v) is 9.92. The lowest BCUT2D eigenvalue weighted by molar-refractivity contribution is -0.120. The number of amides is 3. The van der Waals surface area contributed by atoms with E-state index in [-0.39, 0.29) is 12.1 Å². The fourth-order valence-electron chi connectivity index (χ4n) is 3.56. The number of thiophene rings is 1. The Balaban J connectivity index is 1.47. The number of aryl methyl sites for hydroxylation is 4. The molecule has 4 rings (SSSR count). The summed E-state index contributed by atoms with van der Waals surface area (Å²) >= 11 is 1.55. The van der Waals surface area contributed by atoms with Gasteiger partial charge < -0.3 is 5.32 Å². The zero-order valence-corrected chi connectivity index (χ0v) is 16.5. The monoisotopic (exact) mass is 396 g/mol. The van der Waals surface area contributed by atoms with Gasteiger partial charge >= 0.3 is 6.03 Å². The standard InChI is InChI=1S/C20H20N4O3S/c1-11-6-7-14(12(2)8-11)22-20(27)23-16(25)9-24-10-21-18-17(19(24)26)13-4-3-5-15(13)28-18/h6-8,10H,3-5,9H2,1-2H3,(H2,22,23,25,27). The van der Waals surface area contributed by atoms with E-state index in [1.807, 2.05) is 26.0 Å². The average molecular weight is 396 g/mol. The summed E-state index contributed by atoms with van der Waals surface area (Å²) in [6.45, 7) is 3.59. The first-order chi connectivity index (χ1) is 13.4. The van der Waals surface area contributed by atoms with Crippen LogP contribution in [-0.4, -0.2) is 21.5 Å². The lowest BCUT2D eigenvalue weighted by atomic mass is 10.1. The Hall–Kier alpha value is -3.00. The number of carbonyl (C=O) groups is 2. The van der Waals surface area contributed by atoms with Crippen LogP contribution in [-0.2, 0) is 24.2 Å². The van der Waals surface area contributed by atoms with E-state index < -0.39 is 11.9 Å². The summed E-state index contributed by atoms with van der Waals surface area (Å²) in [5.41, 5.74) is 3.46. The third kappa shape index (κ3) is 3.43. The zero-order chi connectivity index (χ0) is 19.8. The molecule has 1 aromatic carbocycles. The molecule has 1 aliphatic carbocycles. The van der Waals surface area contributed by atoms with E-state index in [9.17, 15) is 14.4 Å². The molecule has 2 heterocycles. The van der Waals surface area contributed by atoms with E-state index in [2.05, 4.69) is 15.6 Å². The summed E-state index contributed by atoms with van der Waals surface area (Å²) in [5, 5.41) is 5.54. The SMILES string of the molecule is Cc1ccc(NC(=O)NC(=O)Cn2cnc3sc4c(c3c2=O)CCC4)c(C)c1. The maximum atomic E-state index is 12.8. The van der Waals surface area contributed by atoms with Crippen molar-refractivity contribution in [2.24, 2.45) is 0 Å². The first-order valence-electron chi connectivity index (χ1n) is 9.10. The lowest BCUT2D eigenvalue weighted by Gasteiger charge is -2.10. The largest absolute Gasteiger partial charge is 0.325 e. The fraction of sp³-hybridized carbons (Fsp3) is 0.300. The van der Waals surface area contributed by atoms with Crippen molar-refractivity contribution >= 4 is 39.2 Å². The summed E-state index contributed by atoms with van der Waals surface area (Å²) < 4.78 is 1.26. The Morgan fingerprint density at radius 1 is 1.25 bits per heavy atom. The number of nitrogens with zero attached hydrogens (tertiary/aromatic N) is 2. The van der Waals surface area contributed by atoms with Crippen molar-refractivity contribution in [2.75, 3.05) is 5.32 Å². The van der Waals surface area contributed by atoms with Crippen LogP contribution in [0.25, 0.3) is 10.2 Å². The van der Waals surface area contributed by atoms with Crippen LogP contribution in [0.2, 0.25) is 0 Å². The maximum absolute atomic E-state index is 12.8. The average Bonchev–Trinajstić information content (AvgIpc) is 3.20. The van der Waals surface area contributed by atoms with Crippen molar-refractivity contribution in [3.8, 4) is 0 Å². The van der Waals surface area contributed by atoms with E-state index in [0.29, 0.717) is 11.1 Å². The summed E-state index contributed by atoms with van der Waals surface area (Å²) in [6, 6.07) is 4.98. The number of aromatic nitrogens is 2. The third-order valence-electron chi connectivity index (χ3n) is 4.89. The molecule has 0 atom stereocenters. The van der Waals surface area contributed by atoms with Gasteiger partial charge in [-0.15, -0.1) is 11.3 Å². The Kier molecular flexibility index (Phi) is 4.72. The quantitative estimate of drug-likeness (QED) is 0.712. The van der Waals surface area contributed by atoms with Crippen molar-refractivity contribution < 1.29 is 9.59 Å². The molecule has 0 fully saturated rings. The summed E-state index contributed by atoms with van der Waals surface area (Å²) in [6.07, 6.45) is 4.28. The number of hydrogen-bond acceptors (Lipinski definition) is 5. The van der Waals surface area contributed by atoms with E-state index >= 15 is 0 Å². The molecule has 1 aliphatic rings. The Morgan fingerprint density at radius 2 is 2.07 bits per heavy atom. The van der Waals surface area contributed by atoms with Crippen LogP contribution >= 0.6 is 11.3 Å². The van der Waals surface area contributed by atoms with Crippen LogP contribution in [0.3, 0.4) is 0 Å². The Morgan fingerprint density at radius 3 is 2.86 bits per heavy atom. The van der Waals surface area contributed by atoms with Crippen molar-refractivity contribution in [3.63, 3.8) is 0 Å². The highest BCUT2D eigenvalue weighted by Crippen LogP contribution is 2.34. The molecule has 0 saturated heterocycles. The van der Waals surface area contributed by atoms with Crippen LogP contribution in [0, 0.1) is 13.8 Å². The molecule has 3 amide bonds. The number of urea groups is 1. The maximum Gasteiger partial charge on any atom is 0.325 e. The molecule has 0 unspecified atom stereocenters. The number of anilines is 1. The minimum Gasteiger partial charge on any atom is -0.307 e. The van der Waals surface area contributed by atoms with Gasteiger partial charge in [0, 0.05) is 10.6 Å². The summed E-state index contributed by atoms with van der Waals surface area (Å²) in [7, 11) is 0. The molecule has 0 aliphatic heterocycles. The smallest absolute Gasteiger partial charge is 0.307 e. The number of nitrogens with one attached hydrogen (secondary N) is 2. The van der Waals surface area contributed by atoms with Gasteiger partial charge in [0.1, 0.15) is 11.4 Å². The third-order valence-corrected chi connectivity index (χ3v) is 6.09. The van der Waals surface area contributed by atoms with Crippen LogP contribution in [0.1, 0.15) is 28.0 Å². The van der Waals surface area contributed by atoms with Gasteiger partial charge in [0.05, 0.1) is 11.7 Å². The second-order valence-electron chi connectivity index (χ2n) is 7.04. The van der Waals surface area contributed by atoms with Gasteiger partial charge in [-0.2, -0.15) is 0 Å². The van der Waals surface area contributed by atoms with E-state index in [1.165, 1.54) is 15.8 Å². The molecule has 0 saturated carbocycles. The second kappa shape index (κ2) is 7.20. The zero-order valence-electron chi connectivity index (χ0n) is 15.7. The van der Waals surface area contributed by atoms with Crippen molar-refractivity contribution in [3.05, 3.63) is 56.4 Å². The van der Waals surface area contributed by atoms with Crippen LogP contribution in [0.4, 0.5) is 10.5 Å². The molecule has 8 heteroatoms. The van der Waals surface area contributed by atoms with Gasteiger partial charge in [0.25, 0.3) is 5.56 Å². The van der Waals surface area contributed by atoms with Crippen molar-refractivity contribution in [1.82, 2.24) is 14.9 Å². The van der Waals surface area contributed by atoms with Gasteiger partial charge in [-0.3, -0.25) is 19.5 Å². The molecule has 0 radical (unpaired) electrons. The minimum atomic E-state index is -0.629. The fourth-order valence-corrected chi connectivity index (χ4v) is 4.78. The lowest BCUT2D eigenvalue weighted by Crippen LogP contribution is -2.38. The van der Waals surface area contributed by atoms with Crippen LogP contribution in [0.5, 0.6) is 0 Å². The molecular weight excluding hydrogens is 376 g/mol. The molecule has 0 spiro atoms. The predicted molar refractivity (Wildman–Crippen MR) is 109 cm³/mol. The van der Waals surface area contributed by atoms with Crippen molar-refractivity contribution in [1.29, 1.82) is 0 Å². The van der Waals surface area contributed by atoms with E-state index in [0.717, 1.165) is 40.8 Å². The number of hydrogen-bond donors (Lipinski definition) is 2. The van der Waals surface area contributed by atoms with Gasteiger partial charge in [-0.05, 0) is 50.3 Å². The molecular formula is C20H20N4O3S. The highest BCUT2D eigenvalue weighted by Gasteiger charge is 2.22. The molecule has 2 N–H and O–H groups in total. The Bertz CT molecular complexity index is 1160. The number of imide groups is 1. The number of fused-ring (bicyclic) bond motifs is 3. The normalized spacial score (nSPS) is 12.8. The predicted octanol–water partition coefficient (Wildman–Crippen LogP) is 2.91. The molecule has 7 nitrogen and oxygen atoms in total. The molecule has 144 valence electrons. The molecule has 3 aromatic rings. The van der Waals surface area contributed by atoms with Crippen LogP contribution in [0.15, 0.2) is 29.3 Å². The van der Waals surface area contributed by atoms with Gasteiger partial charge in [-0.1, -0.05) is 17.7 Å². The molecule has 28 heavy (non-hydrogen) atoms. The highest BCUT2D eigenvalue weighted by atomic mass is 32.1. The number of rotatable bonds is 3. The highest BCUT2D eigenvalue weighted by molar-refractivity contribution is 7.18. The van der Waals surface area contributed by atoms with E-state index in [1.54, 1.807) is 17.4 Å². The summed E-state index contributed by atoms with van der Waals surface area (Å²) in [5.74, 6) is -0.572.